The Hall–Kier alpha value is -11.6. The molecule has 0 saturated carbocycles. The van der Waals surface area contributed by atoms with E-state index >= 15 is 0 Å². The maximum atomic E-state index is 12.6. The number of aromatic nitrogens is 8. The number of carboxylic acid groups (broad SMARTS) is 4. The van der Waals surface area contributed by atoms with Crippen LogP contribution in [-0.2, 0) is 78.6 Å². The molecule has 2 aliphatic rings. The Bertz CT molecular complexity index is 4660. The highest BCUT2D eigenvalue weighted by Crippen LogP contribution is 2.22. The number of thiocarbonyl (C=S) groups is 2. The van der Waals surface area contributed by atoms with Crippen LogP contribution in [0.5, 0.6) is 0 Å². The molecule has 4 heterocycles. The lowest BCUT2D eigenvalue weighted by Crippen LogP contribution is -2.54. The molecule has 0 aliphatic carbocycles. The zero-order valence-electron chi connectivity index (χ0n) is 77.6. The minimum Gasteiger partial charge on any atom is -0.481 e. The van der Waals surface area contributed by atoms with Crippen molar-refractivity contribution in [2.75, 3.05) is 76.1 Å². The summed E-state index contributed by atoms with van der Waals surface area (Å²) in [6, 6.07) is 23.9. The molecular formula is C91H138N28O15S2. The fraction of sp³-hybridized carbons (Fsp3) is 0.560. The van der Waals surface area contributed by atoms with Crippen LogP contribution in [0.25, 0.3) is 22.8 Å². The second-order valence-electron chi connectivity index (χ2n) is 34.1. The van der Waals surface area contributed by atoms with Crippen LogP contribution in [0.1, 0.15) is 176 Å². The van der Waals surface area contributed by atoms with Crippen molar-refractivity contribution in [2.24, 2.45) is 28.7 Å². The molecule has 2 saturated heterocycles. The lowest BCUT2D eigenvalue weighted by molar-refractivity contribution is -0.139. The van der Waals surface area contributed by atoms with Crippen molar-refractivity contribution in [3.8, 4) is 22.8 Å². The van der Waals surface area contributed by atoms with E-state index in [2.05, 4.69) is 127 Å². The number of hydrogen-bond acceptors (Lipinski definition) is 32. The fourth-order valence-electron chi connectivity index (χ4n) is 15.1. The number of nitrogens with one attached hydrogen (secondary N) is 15. The summed E-state index contributed by atoms with van der Waals surface area (Å²) in [5, 5.41) is 118. The second-order valence-corrected chi connectivity index (χ2v) is 34.9. The van der Waals surface area contributed by atoms with Crippen LogP contribution in [-0.4, -0.2) is 275 Å². The molecule has 136 heavy (non-hydrogen) atoms. The van der Waals surface area contributed by atoms with Crippen molar-refractivity contribution in [1.82, 2.24) is 110 Å². The third-order valence-electron chi connectivity index (χ3n) is 22.8. The Kier molecular flexibility index (Phi) is 51.0. The maximum absolute atomic E-state index is 12.6. The summed E-state index contributed by atoms with van der Waals surface area (Å²) in [5.74, 6) is -3.37. The number of nitrogens with two attached hydrogens (primary N) is 5. The number of hydrogen-bond donors (Lipinski definition) is 24. The van der Waals surface area contributed by atoms with Crippen LogP contribution in [0.2, 0.25) is 0 Å². The Balaban J connectivity index is 0.000000373. The van der Waals surface area contributed by atoms with Gasteiger partial charge >= 0.3 is 23.9 Å². The van der Waals surface area contributed by atoms with E-state index in [-0.39, 0.29) is 99.1 Å². The maximum Gasteiger partial charge on any atom is 0.304 e. The zero-order chi connectivity index (χ0) is 98.5. The summed E-state index contributed by atoms with van der Waals surface area (Å²) < 4.78 is 5.11. The van der Waals surface area contributed by atoms with Gasteiger partial charge in [0.15, 0.2) is 21.9 Å². The highest BCUT2D eigenvalue weighted by Gasteiger charge is 2.33. The minimum atomic E-state index is -1.04. The van der Waals surface area contributed by atoms with E-state index in [9.17, 15) is 68.4 Å². The van der Waals surface area contributed by atoms with Crippen LogP contribution in [0, 0.1) is 13.8 Å². The number of carbonyl (C=O) groups excluding carboxylic acids is 6. The third kappa shape index (κ3) is 44.5. The molecule has 6 aromatic rings. The van der Waals surface area contributed by atoms with Gasteiger partial charge in [-0.3, -0.25) is 47.9 Å². The second kappa shape index (κ2) is 62.2. The molecule has 0 radical (unpaired) electrons. The molecule has 43 nitrogen and oxygen atoms in total. The highest BCUT2D eigenvalue weighted by atomic mass is 32.1. The fourth-order valence-corrected chi connectivity index (χ4v) is 15.6. The van der Waals surface area contributed by atoms with Crippen molar-refractivity contribution in [3.63, 3.8) is 0 Å². The Labute approximate surface area is 803 Å². The molecule has 8 rings (SSSR count). The number of ether oxygens (including phenoxy) is 1. The first-order valence-corrected chi connectivity index (χ1v) is 47.3. The van der Waals surface area contributed by atoms with Crippen molar-refractivity contribution in [2.45, 2.75) is 260 Å². The molecule has 0 spiro atoms. The summed E-state index contributed by atoms with van der Waals surface area (Å²) in [4.78, 5) is 120. The van der Waals surface area contributed by atoms with E-state index < -0.39 is 78.3 Å². The Morgan fingerprint density at radius 1 is 0.390 bits per heavy atom. The zero-order valence-corrected chi connectivity index (χ0v) is 79.3. The molecule has 5 amide bonds. The number of aliphatic carboxylic acids is 4. The Morgan fingerprint density at radius 3 is 1.05 bits per heavy atom. The average molecular weight is 1930 g/mol. The van der Waals surface area contributed by atoms with Crippen molar-refractivity contribution < 1.29 is 73.1 Å². The quantitative estimate of drug-likeness (QED) is 0.0144. The van der Waals surface area contributed by atoms with Crippen molar-refractivity contribution in [1.29, 1.82) is 0 Å². The minimum absolute atomic E-state index is 0.0611. The molecule has 2 fully saturated rings. The molecule has 0 bridgehead atoms. The molecule has 744 valence electrons. The molecular weight excluding hydrogens is 1790 g/mol. The summed E-state index contributed by atoms with van der Waals surface area (Å²) in [6.45, 7) is 10.8. The van der Waals surface area contributed by atoms with E-state index in [0.717, 1.165) is 76.9 Å². The monoisotopic (exact) mass is 1930 g/mol. The number of benzene rings is 4. The molecule has 2 aliphatic heterocycles. The summed E-state index contributed by atoms with van der Waals surface area (Å²) in [5.41, 5.74) is 37.3. The van der Waals surface area contributed by atoms with Gasteiger partial charge in [0.05, 0.1) is 61.9 Å². The summed E-state index contributed by atoms with van der Waals surface area (Å²) >= 11 is 11.0. The number of aryl methyl sites for hydroxylation is 2. The van der Waals surface area contributed by atoms with Crippen molar-refractivity contribution >= 4 is 106 Å². The largest absolute Gasteiger partial charge is 0.481 e. The SMILES string of the molecule is CCCC1CNC(CC(=O)O)C(Cc2ccc(NC(=S)NCCCCC(N)C(=O)NCCCCC(N)C(=O)NCCCCC(N)C(=O)NCc3ccc(-c4nnc(C)nn4)cc3)cc2)NC(COC=O)CN1.Cc1nnc(-c2ccc(CNC(=O)C(N)CCCCNC(=O)C(N)CCCCNC(=S)Nc3ccc(CC4NC(CC(=O)O)CNC(CC(=O)O)CNC4CC(=O)O)cc3)cc2)nn1. The normalized spacial score (nSPS) is 18.4. The smallest absolute Gasteiger partial charge is 0.304 e. The number of unbranched alkanes of at least 4 members (excludes halogenated alkanes) is 5. The molecule has 13 atom stereocenters. The highest BCUT2D eigenvalue weighted by molar-refractivity contribution is 7.80. The van der Waals surface area contributed by atoms with Crippen LogP contribution < -0.4 is 108 Å². The van der Waals surface area contributed by atoms with Crippen LogP contribution in [0.3, 0.4) is 0 Å². The Morgan fingerprint density at radius 2 is 0.699 bits per heavy atom. The van der Waals surface area contributed by atoms with E-state index in [1.54, 1.807) is 13.8 Å². The van der Waals surface area contributed by atoms with Gasteiger partial charge < -0.3 is 134 Å². The van der Waals surface area contributed by atoms with E-state index in [4.69, 9.17) is 57.8 Å². The van der Waals surface area contributed by atoms with Gasteiger partial charge in [-0.05, 0) is 200 Å². The van der Waals surface area contributed by atoms with Gasteiger partial charge in [-0.2, -0.15) is 0 Å². The van der Waals surface area contributed by atoms with Crippen LogP contribution in [0.15, 0.2) is 97.1 Å². The predicted octanol–water partition coefficient (Wildman–Crippen LogP) is 0.997. The average Bonchev–Trinajstić information content (AvgIpc) is 1.58. The first-order chi connectivity index (χ1) is 65.4. The van der Waals surface area contributed by atoms with Crippen LogP contribution in [0.4, 0.5) is 11.4 Å². The predicted molar refractivity (Wildman–Crippen MR) is 521 cm³/mol. The first kappa shape index (κ1) is 111. The van der Waals surface area contributed by atoms with E-state index in [1.165, 1.54) is 0 Å². The van der Waals surface area contributed by atoms with Crippen molar-refractivity contribution in [3.05, 3.63) is 131 Å². The van der Waals surface area contributed by atoms with Gasteiger partial charge in [-0.25, -0.2) is 0 Å². The van der Waals surface area contributed by atoms with E-state index in [1.807, 2.05) is 97.1 Å². The van der Waals surface area contributed by atoms with Crippen LogP contribution >= 0.6 is 24.4 Å². The standard InChI is InChI=1S/C49H77N15O7S.C42H61N13O8S/c1-3-10-37-28-57-42(26-44(66)67)43(59-38(29-56-37)30-71-31-65)25-33-16-20-36(21-17-33)60-49(72)55-24-9-6-12-40(51)47(69)53-22-7-4-11-39(50)46(68)54-23-8-5-13-41(52)48(70)58-27-34-14-18-35(19-15-34)45-63-61-32(2)62-64-45;1-25-52-54-39(55-53-25)28-12-8-27(9-13-28)22-49-41(63)33(44)7-2-4-16-45-40(62)32(43)6-3-5-17-46-42(64)51-29-14-10-26(11-15-29)18-35-34(21-38(60)61)48-23-30(19-36(56)57)47-24-31(50-35)20-37(58)59/h14-21,31,37-43,56-57,59H,3-13,22-30,50-52H2,1-2H3,(H,53,69)(H,54,68)(H,58,70)(H,66,67)(H2,55,60,72);8-15,30-35,47-48,50H,2-7,16-24,43-44H2,1H3,(H,45,62)(H,49,63)(H,56,57)(H,58,59)(H,60,61)(H2,46,51,64). The number of carbonyl (C=O) groups is 10. The lowest BCUT2D eigenvalue weighted by Gasteiger charge is -2.30. The number of nitrogens with zero attached hydrogens (tertiary/aromatic N) is 8. The van der Waals surface area contributed by atoms with Gasteiger partial charge in [0.25, 0.3) is 6.47 Å². The van der Waals surface area contributed by atoms with Gasteiger partial charge in [0.1, 0.15) is 6.61 Å². The number of anilines is 2. The number of rotatable bonds is 55. The topological polar surface area (TPSA) is 675 Å². The van der Waals surface area contributed by atoms with Gasteiger partial charge in [0.2, 0.25) is 41.2 Å². The van der Waals surface area contributed by atoms with E-state index in [0.29, 0.717) is 189 Å². The number of carboxylic acids is 4. The number of amides is 5. The molecule has 4 aromatic carbocycles. The molecule has 45 heteroatoms. The molecule has 2 aromatic heterocycles. The van der Waals surface area contributed by atoms with Gasteiger partial charge in [-0.15, -0.1) is 40.8 Å². The molecule has 13 unspecified atom stereocenters. The summed E-state index contributed by atoms with van der Waals surface area (Å²) in [6.07, 6.45) is 11.3. The molecule has 29 N–H and O–H groups in total. The third-order valence-corrected chi connectivity index (χ3v) is 23.3. The summed E-state index contributed by atoms with van der Waals surface area (Å²) in [7, 11) is 0. The first-order valence-electron chi connectivity index (χ1n) is 46.5. The van der Waals surface area contributed by atoms with Gasteiger partial charge in [-0.1, -0.05) is 86.1 Å². The van der Waals surface area contributed by atoms with Gasteiger partial charge in [0, 0.05) is 137 Å². The lowest BCUT2D eigenvalue weighted by atomic mass is 9.95.